The fourth-order valence-electron chi connectivity index (χ4n) is 3.25. The quantitative estimate of drug-likeness (QED) is 0.243. The molecule has 0 atom stereocenters. The molecule has 10 nitrogen and oxygen atoms in total. The molecule has 3 aromatic rings. The van der Waals surface area contributed by atoms with Crippen LogP contribution < -0.4 is 23.7 Å². The van der Waals surface area contributed by atoms with Gasteiger partial charge < -0.3 is 18.9 Å². The van der Waals surface area contributed by atoms with E-state index >= 15 is 0 Å². The largest absolute Gasteiger partial charge is 0.493 e. The molecular formula is C24H24N2O8S. The number of ether oxygens (including phenoxy) is 4. The summed E-state index contributed by atoms with van der Waals surface area (Å²) >= 11 is 0. The lowest BCUT2D eigenvalue weighted by atomic mass is 10.1. The molecule has 0 radical (unpaired) electrons. The van der Waals surface area contributed by atoms with Gasteiger partial charge in [0.05, 0.1) is 38.3 Å². The third-order valence-electron chi connectivity index (χ3n) is 4.98. The van der Waals surface area contributed by atoms with E-state index in [-0.39, 0.29) is 10.6 Å². The molecule has 0 heterocycles. The number of nitro groups is 1. The Hall–Kier alpha value is -4.25. The second-order valence-electron chi connectivity index (χ2n) is 7.11. The Labute approximate surface area is 202 Å². The summed E-state index contributed by atoms with van der Waals surface area (Å²) in [5.41, 5.74) is 1.48. The molecular weight excluding hydrogens is 476 g/mol. The summed E-state index contributed by atoms with van der Waals surface area (Å²) in [7, 11) is 1.82. The van der Waals surface area contributed by atoms with Crippen LogP contribution in [0.3, 0.4) is 0 Å². The molecule has 0 saturated carbocycles. The van der Waals surface area contributed by atoms with Crippen molar-refractivity contribution in [1.29, 1.82) is 0 Å². The minimum atomic E-state index is -4.05. The number of sulfonamides is 1. The molecule has 11 heteroatoms. The van der Waals surface area contributed by atoms with Crippen molar-refractivity contribution in [3.05, 3.63) is 75.8 Å². The van der Waals surface area contributed by atoms with Crippen LogP contribution in [0.1, 0.15) is 11.1 Å². The van der Waals surface area contributed by atoms with Crippen molar-refractivity contribution in [3.8, 4) is 23.0 Å². The fraction of sp³-hybridized carbons (Fsp3) is 0.167. The van der Waals surface area contributed by atoms with Gasteiger partial charge in [-0.25, -0.2) is 8.42 Å². The minimum Gasteiger partial charge on any atom is -0.493 e. The minimum absolute atomic E-state index is 0.0304. The molecule has 0 unspecified atom stereocenters. The Morgan fingerprint density at radius 1 is 0.771 bits per heavy atom. The smallest absolute Gasteiger partial charge is 0.312 e. The highest BCUT2D eigenvalue weighted by Crippen LogP contribution is 2.38. The first-order chi connectivity index (χ1) is 16.7. The van der Waals surface area contributed by atoms with E-state index in [1.165, 1.54) is 40.6 Å². The zero-order chi connectivity index (χ0) is 25.6. The van der Waals surface area contributed by atoms with E-state index in [4.69, 9.17) is 18.9 Å². The maximum absolute atomic E-state index is 12.7. The molecule has 0 aromatic heterocycles. The van der Waals surface area contributed by atoms with Gasteiger partial charge in [-0.2, -0.15) is 0 Å². The Bertz CT molecular complexity index is 1330. The Balaban J connectivity index is 1.79. The van der Waals surface area contributed by atoms with E-state index in [0.717, 1.165) is 17.2 Å². The van der Waals surface area contributed by atoms with Crippen LogP contribution in [0.25, 0.3) is 12.2 Å². The first kappa shape index (κ1) is 25.4. The summed E-state index contributed by atoms with van der Waals surface area (Å²) in [6.07, 6.45) is 3.69. The molecule has 0 amide bonds. The summed E-state index contributed by atoms with van der Waals surface area (Å²) in [6, 6.07) is 13.7. The van der Waals surface area contributed by atoms with E-state index in [1.54, 1.807) is 36.4 Å². The maximum atomic E-state index is 12.7. The van der Waals surface area contributed by atoms with Crippen molar-refractivity contribution in [1.82, 2.24) is 0 Å². The van der Waals surface area contributed by atoms with Gasteiger partial charge >= 0.3 is 5.69 Å². The van der Waals surface area contributed by atoms with Gasteiger partial charge in [0.15, 0.2) is 17.2 Å². The zero-order valence-corrected chi connectivity index (χ0v) is 20.3. The summed E-state index contributed by atoms with van der Waals surface area (Å²) in [5, 5.41) is 11.2. The second-order valence-corrected chi connectivity index (χ2v) is 8.79. The van der Waals surface area contributed by atoms with Crippen molar-refractivity contribution in [3.63, 3.8) is 0 Å². The number of methoxy groups -OCH3 is 4. The lowest BCUT2D eigenvalue weighted by Gasteiger charge is -2.12. The molecule has 0 fully saturated rings. The van der Waals surface area contributed by atoms with Crippen LogP contribution in [0.2, 0.25) is 0 Å². The third kappa shape index (κ3) is 5.82. The number of nitro benzene ring substituents is 1. The second kappa shape index (κ2) is 10.8. The third-order valence-corrected chi connectivity index (χ3v) is 6.35. The average molecular weight is 501 g/mol. The number of hydrogen-bond donors (Lipinski definition) is 1. The van der Waals surface area contributed by atoms with Crippen LogP contribution in [-0.2, 0) is 10.0 Å². The van der Waals surface area contributed by atoms with E-state index < -0.39 is 20.6 Å². The number of hydrogen-bond acceptors (Lipinski definition) is 8. The summed E-state index contributed by atoms with van der Waals surface area (Å²) in [6.45, 7) is 0. The monoisotopic (exact) mass is 500 g/mol. The Kier molecular flexibility index (Phi) is 7.82. The topological polar surface area (TPSA) is 126 Å². The van der Waals surface area contributed by atoms with Gasteiger partial charge in [-0.05, 0) is 47.5 Å². The molecule has 35 heavy (non-hydrogen) atoms. The highest BCUT2D eigenvalue weighted by atomic mass is 32.2. The fourth-order valence-corrected chi connectivity index (χ4v) is 4.32. The number of benzene rings is 3. The van der Waals surface area contributed by atoms with Crippen LogP contribution in [0.15, 0.2) is 59.5 Å². The van der Waals surface area contributed by atoms with Gasteiger partial charge in [-0.3, -0.25) is 14.8 Å². The summed E-state index contributed by atoms with van der Waals surface area (Å²) in [4.78, 5) is 10.3. The van der Waals surface area contributed by atoms with Gasteiger partial charge in [0, 0.05) is 11.8 Å². The molecule has 0 aliphatic carbocycles. The van der Waals surface area contributed by atoms with E-state index in [9.17, 15) is 18.5 Å². The van der Waals surface area contributed by atoms with Crippen molar-refractivity contribution in [2.45, 2.75) is 4.90 Å². The Morgan fingerprint density at radius 3 is 1.86 bits per heavy atom. The van der Waals surface area contributed by atoms with Crippen LogP contribution in [0, 0.1) is 10.1 Å². The van der Waals surface area contributed by atoms with Crippen molar-refractivity contribution < 1.29 is 32.3 Å². The van der Waals surface area contributed by atoms with Gasteiger partial charge in [0.2, 0.25) is 5.75 Å². The van der Waals surface area contributed by atoms with Gasteiger partial charge in [0.25, 0.3) is 10.0 Å². The van der Waals surface area contributed by atoms with Crippen molar-refractivity contribution in [2.75, 3.05) is 33.2 Å². The number of anilines is 1. The summed E-state index contributed by atoms with van der Waals surface area (Å²) in [5.74, 6) is 1.51. The normalized spacial score (nSPS) is 11.2. The zero-order valence-electron chi connectivity index (χ0n) is 19.5. The molecule has 0 bridgehead atoms. The van der Waals surface area contributed by atoms with E-state index in [1.807, 2.05) is 12.2 Å². The Morgan fingerprint density at radius 2 is 1.34 bits per heavy atom. The molecule has 184 valence electrons. The van der Waals surface area contributed by atoms with E-state index in [2.05, 4.69) is 4.72 Å². The predicted octanol–water partition coefficient (Wildman–Crippen LogP) is 4.60. The lowest BCUT2D eigenvalue weighted by molar-refractivity contribution is -0.386. The SMILES string of the molecule is COc1ccc(S(=O)(=O)Nc2ccc(/C=C\c3cc(OC)c(OC)c(OC)c3)cc2)cc1[N+](=O)[O-]. The predicted molar refractivity (Wildman–Crippen MR) is 132 cm³/mol. The average Bonchev–Trinajstić information content (AvgIpc) is 2.86. The van der Waals surface area contributed by atoms with Crippen LogP contribution in [0.5, 0.6) is 23.0 Å². The lowest BCUT2D eigenvalue weighted by Crippen LogP contribution is -2.13. The molecule has 3 rings (SSSR count). The summed E-state index contributed by atoms with van der Waals surface area (Å²) < 4.78 is 48.8. The van der Waals surface area contributed by atoms with Crippen molar-refractivity contribution >= 4 is 33.6 Å². The van der Waals surface area contributed by atoms with E-state index in [0.29, 0.717) is 22.9 Å². The van der Waals surface area contributed by atoms with Gasteiger partial charge in [0.1, 0.15) is 0 Å². The standard InChI is InChI=1S/C24H24N2O8S/c1-31-21-12-11-19(15-20(21)26(27)28)35(29,30)25-18-9-7-16(8-10-18)5-6-17-13-22(32-2)24(34-4)23(14-17)33-3/h5-15,25H,1-4H3/b6-5-. The van der Waals surface area contributed by atoms with Gasteiger partial charge in [-0.15, -0.1) is 0 Å². The molecule has 0 spiro atoms. The highest BCUT2D eigenvalue weighted by Gasteiger charge is 2.22. The number of rotatable bonds is 10. The molecule has 1 N–H and O–H groups in total. The highest BCUT2D eigenvalue weighted by molar-refractivity contribution is 7.92. The first-order valence-corrected chi connectivity index (χ1v) is 11.6. The van der Waals surface area contributed by atoms with Crippen LogP contribution in [0.4, 0.5) is 11.4 Å². The van der Waals surface area contributed by atoms with Crippen LogP contribution in [-0.4, -0.2) is 41.8 Å². The molecule has 0 aliphatic heterocycles. The number of nitrogens with zero attached hydrogens (tertiary/aromatic N) is 1. The molecule has 0 saturated heterocycles. The van der Waals surface area contributed by atoms with Gasteiger partial charge in [-0.1, -0.05) is 24.3 Å². The maximum Gasteiger partial charge on any atom is 0.312 e. The van der Waals surface area contributed by atoms with Crippen molar-refractivity contribution in [2.24, 2.45) is 0 Å². The number of nitrogens with one attached hydrogen (secondary N) is 1. The molecule has 0 aliphatic rings. The first-order valence-electron chi connectivity index (χ1n) is 10.2. The molecule has 3 aromatic carbocycles. The van der Waals surface area contributed by atoms with Crippen LogP contribution >= 0.6 is 0 Å².